The Hall–Kier alpha value is -2.39. The van der Waals surface area contributed by atoms with Gasteiger partial charge in [0.1, 0.15) is 16.4 Å². The summed E-state index contributed by atoms with van der Waals surface area (Å²) in [4.78, 5) is 36.7. The van der Waals surface area contributed by atoms with Crippen LogP contribution in [0, 0.1) is 13.8 Å². The number of ether oxygens (including phenoxy) is 2. The van der Waals surface area contributed by atoms with E-state index in [1.54, 1.807) is 20.8 Å². The lowest BCUT2D eigenvalue weighted by Crippen LogP contribution is -2.21. The summed E-state index contributed by atoms with van der Waals surface area (Å²) in [5, 5.41) is 7.31. The molecule has 0 atom stereocenters. The zero-order chi connectivity index (χ0) is 19.4. The van der Waals surface area contributed by atoms with E-state index in [0.717, 1.165) is 11.3 Å². The van der Waals surface area contributed by atoms with Crippen LogP contribution in [0.1, 0.15) is 38.2 Å². The third-order valence-electron chi connectivity index (χ3n) is 3.59. The molecule has 10 heteroatoms. The van der Waals surface area contributed by atoms with Crippen molar-refractivity contribution in [2.24, 2.45) is 0 Å². The van der Waals surface area contributed by atoms with Crippen molar-refractivity contribution in [3.05, 3.63) is 32.9 Å². The highest BCUT2D eigenvalue weighted by Crippen LogP contribution is 2.34. The Balaban J connectivity index is 2.30. The Morgan fingerprint density at radius 3 is 2.54 bits per heavy atom. The molecule has 1 amide bonds. The number of hydrogen-bond donors (Lipinski definition) is 1. The van der Waals surface area contributed by atoms with Gasteiger partial charge in [0.2, 0.25) is 5.91 Å². The minimum Gasteiger partial charge on any atom is -0.465 e. The van der Waals surface area contributed by atoms with Crippen molar-refractivity contribution in [2.75, 3.05) is 19.0 Å². The fraction of sp³-hybridized carbons (Fsp3) is 0.375. The largest absolute Gasteiger partial charge is 0.465 e. The first-order chi connectivity index (χ1) is 12.3. The summed E-state index contributed by atoms with van der Waals surface area (Å²) in [6, 6.07) is 0. The van der Waals surface area contributed by atoms with Crippen molar-refractivity contribution in [2.45, 2.75) is 27.3 Å². The van der Waals surface area contributed by atoms with Gasteiger partial charge in [-0.15, -0.1) is 11.3 Å². The fourth-order valence-electron chi connectivity index (χ4n) is 2.23. The SMILES string of the molecule is CCOC(=O)c1sc(NC(=O)Cn2ncc(Cl)c2C)c(C(=O)OC)c1C. The van der Waals surface area contributed by atoms with Gasteiger partial charge >= 0.3 is 11.9 Å². The number of methoxy groups -OCH3 is 1. The Morgan fingerprint density at radius 1 is 1.31 bits per heavy atom. The summed E-state index contributed by atoms with van der Waals surface area (Å²) in [6.07, 6.45) is 1.44. The van der Waals surface area contributed by atoms with Crippen LogP contribution in [0.5, 0.6) is 0 Å². The highest BCUT2D eigenvalue weighted by atomic mass is 35.5. The van der Waals surface area contributed by atoms with Gasteiger partial charge in [-0.25, -0.2) is 9.59 Å². The van der Waals surface area contributed by atoms with E-state index in [2.05, 4.69) is 10.4 Å². The molecule has 0 aliphatic carbocycles. The number of amides is 1. The lowest BCUT2D eigenvalue weighted by atomic mass is 10.1. The Kier molecular flexibility index (Phi) is 6.38. The normalized spacial score (nSPS) is 10.5. The monoisotopic (exact) mass is 399 g/mol. The summed E-state index contributed by atoms with van der Waals surface area (Å²) >= 11 is 6.88. The molecule has 2 aromatic rings. The van der Waals surface area contributed by atoms with Gasteiger partial charge in [-0.2, -0.15) is 5.10 Å². The molecule has 0 spiro atoms. The number of rotatable bonds is 6. The topological polar surface area (TPSA) is 99.5 Å². The maximum Gasteiger partial charge on any atom is 0.348 e. The zero-order valence-corrected chi connectivity index (χ0v) is 16.3. The van der Waals surface area contributed by atoms with E-state index >= 15 is 0 Å². The van der Waals surface area contributed by atoms with Gasteiger partial charge < -0.3 is 14.8 Å². The van der Waals surface area contributed by atoms with E-state index in [9.17, 15) is 14.4 Å². The molecule has 0 unspecified atom stereocenters. The van der Waals surface area contributed by atoms with E-state index in [-0.39, 0.29) is 28.6 Å². The summed E-state index contributed by atoms with van der Waals surface area (Å²) in [7, 11) is 1.23. The number of nitrogens with one attached hydrogen (secondary N) is 1. The third-order valence-corrected chi connectivity index (χ3v) is 5.15. The zero-order valence-electron chi connectivity index (χ0n) is 14.7. The molecule has 0 bridgehead atoms. The number of halogens is 1. The lowest BCUT2D eigenvalue weighted by Gasteiger charge is -2.07. The summed E-state index contributed by atoms with van der Waals surface area (Å²) in [5.74, 6) is -1.63. The minimum atomic E-state index is -0.650. The highest BCUT2D eigenvalue weighted by Gasteiger charge is 2.27. The molecule has 2 rings (SSSR count). The molecule has 8 nitrogen and oxygen atoms in total. The average molecular weight is 400 g/mol. The van der Waals surface area contributed by atoms with Gasteiger partial charge in [0.15, 0.2) is 0 Å². The molecule has 2 aromatic heterocycles. The van der Waals surface area contributed by atoms with Crippen molar-refractivity contribution >= 4 is 45.8 Å². The molecular formula is C16H18ClN3O5S. The van der Waals surface area contributed by atoms with Crippen LogP contribution < -0.4 is 5.32 Å². The maximum absolute atomic E-state index is 12.3. The number of thiophene rings is 1. The Morgan fingerprint density at radius 2 is 2.00 bits per heavy atom. The minimum absolute atomic E-state index is 0.0924. The number of carbonyl (C=O) groups excluding carboxylic acids is 3. The third kappa shape index (κ3) is 4.05. The van der Waals surface area contributed by atoms with Crippen LogP contribution in [0.15, 0.2) is 6.20 Å². The first-order valence-corrected chi connectivity index (χ1v) is 8.86. The van der Waals surface area contributed by atoms with Crippen LogP contribution in [0.2, 0.25) is 5.02 Å². The molecule has 2 heterocycles. The second-order valence-corrected chi connectivity index (χ2v) is 6.68. The van der Waals surface area contributed by atoms with E-state index in [1.807, 2.05) is 0 Å². The summed E-state index contributed by atoms with van der Waals surface area (Å²) < 4.78 is 11.2. The van der Waals surface area contributed by atoms with E-state index in [0.29, 0.717) is 16.3 Å². The van der Waals surface area contributed by atoms with Crippen molar-refractivity contribution in [3.8, 4) is 0 Å². The van der Waals surface area contributed by atoms with Crippen LogP contribution in [-0.4, -0.2) is 41.3 Å². The van der Waals surface area contributed by atoms with Gasteiger partial charge in [0.05, 0.1) is 36.2 Å². The van der Waals surface area contributed by atoms with Crippen molar-refractivity contribution < 1.29 is 23.9 Å². The van der Waals surface area contributed by atoms with Gasteiger partial charge in [0, 0.05) is 0 Å². The fourth-order valence-corrected chi connectivity index (χ4v) is 3.47. The molecule has 0 aliphatic rings. The average Bonchev–Trinajstić information content (AvgIpc) is 3.08. The number of hydrogen-bond acceptors (Lipinski definition) is 7. The molecule has 0 fully saturated rings. The maximum atomic E-state index is 12.3. The van der Waals surface area contributed by atoms with Crippen LogP contribution in [-0.2, 0) is 20.8 Å². The quantitative estimate of drug-likeness (QED) is 0.750. The molecule has 0 saturated heterocycles. The molecule has 140 valence electrons. The molecule has 1 N–H and O–H groups in total. The predicted octanol–water partition coefficient (Wildman–Crippen LogP) is 2.82. The van der Waals surface area contributed by atoms with E-state index < -0.39 is 17.8 Å². The van der Waals surface area contributed by atoms with E-state index in [1.165, 1.54) is 18.0 Å². The molecular weight excluding hydrogens is 382 g/mol. The molecule has 0 saturated carbocycles. The van der Waals surface area contributed by atoms with Crippen molar-refractivity contribution in [1.82, 2.24) is 9.78 Å². The van der Waals surface area contributed by atoms with Crippen LogP contribution >= 0.6 is 22.9 Å². The van der Waals surface area contributed by atoms with Crippen LogP contribution in [0.4, 0.5) is 5.00 Å². The van der Waals surface area contributed by atoms with Crippen LogP contribution in [0.3, 0.4) is 0 Å². The molecule has 0 aliphatic heterocycles. The number of esters is 2. The Labute approximate surface area is 159 Å². The van der Waals surface area contributed by atoms with Gasteiger partial charge in [-0.1, -0.05) is 11.6 Å². The number of carbonyl (C=O) groups is 3. The number of aromatic nitrogens is 2. The number of anilines is 1. The molecule has 0 radical (unpaired) electrons. The van der Waals surface area contributed by atoms with Gasteiger partial charge in [-0.3, -0.25) is 9.48 Å². The number of nitrogens with zero attached hydrogens (tertiary/aromatic N) is 2. The summed E-state index contributed by atoms with van der Waals surface area (Å²) in [6.45, 7) is 5.12. The van der Waals surface area contributed by atoms with Crippen molar-refractivity contribution in [3.63, 3.8) is 0 Å². The van der Waals surface area contributed by atoms with Gasteiger partial charge in [-0.05, 0) is 26.3 Å². The predicted molar refractivity (Wildman–Crippen MR) is 97.0 cm³/mol. The summed E-state index contributed by atoms with van der Waals surface area (Å²) in [5.41, 5.74) is 1.17. The Bertz CT molecular complexity index is 858. The van der Waals surface area contributed by atoms with Crippen molar-refractivity contribution in [1.29, 1.82) is 0 Å². The molecule has 0 aromatic carbocycles. The second kappa shape index (κ2) is 8.33. The second-order valence-electron chi connectivity index (χ2n) is 5.26. The smallest absolute Gasteiger partial charge is 0.348 e. The standard InChI is InChI=1S/C16H18ClN3O5S/c1-5-25-16(23)13-8(2)12(15(22)24-4)14(26-13)19-11(21)7-20-9(3)10(17)6-18-20/h6H,5,7H2,1-4H3,(H,19,21). The van der Waals surface area contributed by atoms with Gasteiger partial charge in [0.25, 0.3) is 0 Å². The first kappa shape index (κ1) is 19.9. The van der Waals surface area contributed by atoms with E-state index in [4.69, 9.17) is 21.1 Å². The van der Waals surface area contributed by atoms with Crippen LogP contribution in [0.25, 0.3) is 0 Å². The molecule has 26 heavy (non-hydrogen) atoms. The lowest BCUT2D eigenvalue weighted by molar-refractivity contribution is -0.116. The highest BCUT2D eigenvalue weighted by molar-refractivity contribution is 7.18. The first-order valence-electron chi connectivity index (χ1n) is 7.66.